The minimum atomic E-state index is -0.987. The smallest absolute Gasteiger partial charge is 0.410 e. The minimum Gasteiger partial charge on any atom is -0.445 e. The Morgan fingerprint density at radius 3 is 2.09 bits per heavy atom. The average Bonchev–Trinajstić information content (AvgIpc) is 3.01. The maximum atomic E-state index is 13.3. The first-order valence-corrected chi connectivity index (χ1v) is 16.1. The number of primary amides is 1. The van der Waals surface area contributed by atoms with Crippen molar-refractivity contribution in [1.29, 1.82) is 0 Å². The lowest BCUT2D eigenvalue weighted by Crippen LogP contribution is -2.54. The molecule has 0 unspecified atom stereocenters. The molecule has 1 aromatic carbocycles. The third kappa shape index (κ3) is 16.8. The van der Waals surface area contributed by atoms with Crippen LogP contribution in [0.25, 0.3) is 0 Å². The van der Waals surface area contributed by atoms with E-state index in [2.05, 4.69) is 21.3 Å². The predicted octanol–water partition coefficient (Wildman–Crippen LogP) is 3.09. The standard InChI is InChI=1S/C33H54N6O8/c1-21(2)27(40)11-9-18-46-19-16-28(41)38-29(22(3)4)31(43)37-26(10-8-17-35-32(34)44)30(42)36-25-14-12-24(13-15-25)20-47-33(45)39(7)23(5)6/h12-15,21-23,26,29H,8-11,16-20H2,1-7H3,(H,36,42)(H,37,43)(H,38,41)(H3,34,35,44)/t26-,29-/m1/s1. The number of rotatable bonds is 21. The van der Waals surface area contributed by atoms with Gasteiger partial charge in [-0.3, -0.25) is 19.2 Å². The van der Waals surface area contributed by atoms with Crippen LogP contribution in [0.1, 0.15) is 79.2 Å². The molecule has 0 spiro atoms. The summed E-state index contributed by atoms with van der Waals surface area (Å²) in [6, 6.07) is 4.12. The van der Waals surface area contributed by atoms with Gasteiger partial charge in [-0.05, 0) is 56.7 Å². The molecule has 14 nitrogen and oxygen atoms in total. The van der Waals surface area contributed by atoms with Gasteiger partial charge in [0.05, 0.1) is 6.61 Å². The highest BCUT2D eigenvalue weighted by molar-refractivity contribution is 5.98. The number of ether oxygens (including phenoxy) is 2. The van der Waals surface area contributed by atoms with Crippen molar-refractivity contribution in [3.8, 4) is 0 Å². The van der Waals surface area contributed by atoms with Crippen LogP contribution in [0.2, 0.25) is 0 Å². The molecule has 0 saturated heterocycles. The van der Waals surface area contributed by atoms with E-state index in [1.807, 2.05) is 27.7 Å². The van der Waals surface area contributed by atoms with Crippen molar-refractivity contribution in [3.05, 3.63) is 29.8 Å². The van der Waals surface area contributed by atoms with Crippen molar-refractivity contribution in [1.82, 2.24) is 20.9 Å². The van der Waals surface area contributed by atoms with Crippen LogP contribution in [0.4, 0.5) is 15.3 Å². The van der Waals surface area contributed by atoms with Gasteiger partial charge >= 0.3 is 12.1 Å². The van der Waals surface area contributed by atoms with Gasteiger partial charge in [-0.25, -0.2) is 9.59 Å². The summed E-state index contributed by atoms with van der Waals surface area (Å²) in [5, 5.41) is 10.7. The Morgan fingerprint density at radius 1 is 0.851 bits per heavy atom. The summed E-state index contributed by atoms with van der Waals surface area (Å²) in [5.41, 5.74) is 6.32. The van der Waals surface area contributed by atoms with Gasteiger partial charge in [-0.2, -0.15) is 0 Å². The number of amides is 6. The summed E-state index contributed by atoms with van der Waals surface area (Å²) in [5.74, 6) is -1.56. The zero-order chi connectivity index (χ0) is 35.5. The van der Waals surface area contributed by atoms with Gasteiger partial charge in [0.2, 0.25) is 17.7 Å². The molecule has 14 heteroatoms. The molecular formula is C33H54N6O8. The number of nitrogens with one attached hydrogen (secondary N) is 4. The molecule has 264 valence electrons. The fraction of sp³-hybridized carbons (Fsp3) is 0.636. The second kappa shape index (κ2) is 21.6. The van der Waals surface area contributed by atoms with Crippen LogP contribution in [0, 0.1) is 11.8 Å². The third-order valence-corrected chi connectivity index (χ3v) is 7.34. The SMILES string of the molecule is CC(C)C(=O)CCCOCCC(=O)N[C@@H](C(=O)N[C@H](CCCNC(N)=O)C(=O)Nc1ccc(COC(=O)N(C)C(C)C)cc1)C(C)C. The van der Waals surface area contributed by atoms with Crippen molar-refractivity contribution in [2.75, 3.05) is 32.1 Å². The summed E-state index contributed by atoms with van der Waals surface area (Å²) >= 11 is 0. The fourth-order valence-electron chi connectivity index (χ4n) is 4.10. The second-order valence-corrected chi connectivity index (χ2v) is 12.3. The number of ketones is 1. The Bertz CT molecular complexity index is 1170. The number of carbonyl (C=O) groups is 6. The Balaban J connectivity index is 2.79. The molecule has 0 aliphatic heterocycles. The van der Waals surface area contributed by atoms with Crippen molar-refractivity contribution in [2.45, 2.75) is 98.4 Å². The average molecular weight is 663 g/mol. The molecule has 0 bridgehead atoms. The summed E-state index contributed by atoms with van der Waals surface area (Å²) < 4.78 is 10.8. The van der Waals surface area contributed by atoms with Crippen molar-refractivity contribution < 1.29 is 38.2 Å². The van der Waals surface area contributed by atoms with Crippen LogP contribution in [0.5, 0.6) is 0 Å². The fourth-order valence-corrected chi connectivity index (χ4v) is 4.10. The number of anilines is 1. The number of nitrogens with two attached hydrogens (primary N) is 1. The molecular weight excluding hydrogens is 608 g/mol. The van der Waals surface area contributed by atoms with Crippen LogP contribution in [-0.2, 0) is 35.3 Å². The highest BCUT2D eigenvalue weighted by atomic mass is 16.6. The van der Waals surface area contributed by atoms with E-state index in [-0.39, 0.29) is 62.2 Å². The van der Waals surface area contributed by atoms with E-state index in [9.17, 15) is 28.8 Å². The molecule has 1 aromatic rings. The van der Waals surface area contributed by atoms with Gasteiger partial charge in [0.1, 0.15) is 24.5 Å². The molecule has 1 rings (SSSR count). The molecule has 0 heterocycles. The molecule has 2 atom stereocenters. The topological polar surface area (TPSA) is 198 Å². The minimum absolute atomic E-state index is 0.00388. The van der Waals surface area contributed by atoms with Gasteiger partial charge < -0.3 is 41.4 Å². The second-order valence-electron chi connectivity index (χ2n) is 12.3. The van der Waals surface area contributed by atoms with Crippen LogP contribution < -0.4 is 27.0 Å². The van der Waals surface area contributed by atoms with Gasteiger partial charge in [0.25, 0.3) is 0 Å². The highest BCUT2D eigenvalue weighted by Gasteiger charge is 2.29. The zero-order valence-corrected chi connectivity index (χ0v) is 28.9. The Kier molecular flexibility index (Phi) is 18.7. The first kappa shape index (κ1) is 40.8. The van der Waals surface area contributed by atoms with Gasteiger partial charge in [-0.15, -0.1) is 0 Å². The zero-order valence-electron chi connectivity index (χ0n) is 28.9. The van der Waals surface area contributed by atoms with Crippen molar-refractivity contribution in [2.24, 2.45) is 17.6 Å². The van der Waals surface area contributed by atoms with E-state index in [1.165, 1.54) is 4.90 Å². The molecule has 0 aliphatic rings. The first-order valence-electron chi connectivity index (χ1n) is 16.1. The van der Waals surface area contributed by atoms with E-state index in [4.69, 9.17) is 15.2 Å². The molecule has 6 N–H and O–H groups in total. The van der Waals surface area contributed by atoms with Crippen LogP contribution in [-0.4, -0.2) is 85.5 Å². The monoisotopic (exact) mass is 662 g/mol. The third-order valence-electron chi connectivity index (χ3n) is 7.34. The van der Waals surface area contributed by atoms with Crippen LogP contribution in [0.15, 0.2) is 24.3 Å². The molecule has 6 amide bonds. The van der Waals surface area contributed by atoms with Crippen LogP contribution >= 0.6 is 0 Å². The van der Waals surface area contributed by atoms with E-state index in [0.717, 1.165) is 5.56 Å². The lowest BCUT2D eigenvalue weighted by Gasteiger charge is -2.25. The normalized spacial score (nSPS) is 12.3. The van der Waals surface area contributed by atoms with E-state index < -0.39 is 36.0 Å². The number of nitrogens with zero attached hydrogens (tertiary/aromatic N) is 1. The quantitative estimate of drug-likeness (QED) is 0.124. The van der Waals surface area contributed by atoms with Gasteiger partial charge in [0, 0.05) is 50.7 Å². The molecule has 0 aliphatic carbocycles. The number of hydrogen-bond donors (Lipinski definition) is 5. The lowest BCUT2D eigenvalue weighted by molar-refractivity contribution is -0.132. The summed E-state index contributed by atoms with van der Waals surface area (Å²) in [6.45, 7) is 11.8. The maximum Gasteiger partial charge on any atom is 0.410 e. The lowest BCUT2D eigenvalue weighted by atomic mass is 10.0. The Morgan fingerprint density at radius 2 is 1.51 bits per heavy atom. The number of benzene rings is 1. The molecule has 0 aromatic heterocycles. The van der Waals surface area contributed by atoms with Gasteiger partial charge in [0.15, 0.2) is 0 Å². The maximum absolute atomic E-state index is 13.3. The van der Waals surface area contributed by atoms with E-state index in [0.29, 0.717) is 31.6 Å². The summed E-state index contributed by atoms with van der Waals surface area (Å²) in [4.78, 5) is 75.6. The summed E-state index contributed by atoms with van der Waals surface area (Å²) in [7, 11) is 1.65. The van der Waals surface area contributed by atoms with Crippen LogP contribution in [0.3, 0.4) is 0 Å². The molecule has 47 heavy (non-hydrogen) atoms. The number of urea groups is 1. The van der Waals surface area contributed by atoms with Crippen molar-refractivity contribution >= 4 is 41.3 Å². The molecule has 0 fully saturated rings. The Labute approximate surface area is 278 Å². The first-order chi connectivity index (χ1) is 22.1. The van der Waals surface area contributed by atoms with Crippen molar-refractivity contribution in [3.63, 3.8) is 0 Å². The molecule has 0 saturated carbocycles. The number of Topliss-reactive ketones (excluding diaryl/α,β-unsaturated/α-hetero) is 1. The largest absolute Gasteiger partial charge is 0.445 e. The van der Waals surface area contributed by atoms with Gasteiger partial charge in [-0.1, -0.05) is 39.8 Å². The summed E-state index contributed by atoms with van der Waals surface area (Å²) in [6.07, 6.45) is 1.10. The number of hydrogen-bond acceptors (Lipinski definition) is 8. The molecule has 0 radical (unpaired) electrons. The predicted molar refractivity (Wildman–Crippen MR) is 178 cm³/mol. The highest BCUT2D eigenvalue weighted by Crippen LogP contribution is 2.13. The number of carbonyl (C=O) groups excluding carboxylic acids is 6. The Hall–Kier alpha value is -4.20. The van der Waals surface area contributed by atoms with E-state index >= 15 is 0 Å². The van der Waals surface area contributed by atoms with E-state index in [1.54, 1.807) is 45.2 Å².